The predicted molar refractivity (Wildman–Crippen MR) is 83.3 cm³/mol. The summed E-state index contributed by atoms with van der Waals surface area (Å²) in [5.41, 5.74) is 0. The predicted octanol–water partition coefficient (Wildman–Crippen LogP) is 3.45. The maximum absolute atomic E-state index is 12.5. The van der Waals surface area contributed by atoms with Crippen molar-refractivity contribution in [3.8, 4) is 0 Å². The Morgan fingerprint density at radius 2 is 2.15 bits per heavy atom. The normalized spacial score (nSPS) is 22.2. The molecule has 1 fully saturated rings. The minimum atomic E-state index is -2.35. The number of rotatable bonds is 5. The monoisotopic (exact) mass is 361 g/mol. The summed E-state index contributed by atoms with van der Waals surface area (Å²) < 4.78 is 28.8. The maximum atomic E-state index is 12.5. The molecule has 0 radical (unpaired) electrons. The molecule has 0 saturated carbocycles. The van der Waals surface area contributed by atoms with Crippen molar-refractivity contribution < 1.29 is 13.7 Å². The molecule has 1 aromatic rings. The smallest absolute Gasteiger partial charge is 0.157 e. The third-order valence-corrected chi connectivity index (χ3v) is 5.47. The van der Waals surface area contributed by atoms with Gasteiger partial charge in [-0.25, -0.2) is 8.57 Å². The van der Waals surface area contributed by atoms with Crippen LogP contribution in [0.3, 0.4) is 0 Å². The van der Waals surface area contributed by atoms with E-state index in [1.54, 1.807) is 6.26 Å². The van der Waals surface area contributed by atoms with Gasteiger partial charge in [-0.1, -0.05) is 15.9 Å². The zero-order chi connectivity index (χ0) is 14.4. The third-order valence-electron chi connectivity index (χ3n) is 3.12. The van der Waals surface area contributed by atoms with Gasteiger partial charge in [0.2, 0.25) is 0 Å². The zero-order valence-electron chi connectivity index (χ0n) is 11.6. The van der Waals surface area contributed by atoms with Crippen molar-refractivity contribution in [1.82, 2.24) is 0 Å². The second-order valence-corrected chi connectivity index (χ2v) is 8.03. The van der Waals surface area contributed by atoms with Crippen LogP contribution in [0.2, 0.25) is 0 Å². The molecule has 2 rings (SSSR count). The van der Waals surface area contributed by atoms with Crippen molar-refractivity contribution in [2.75, 3.05) is 26.0 Å². The summed E-state index contributed by atoms with van der Waals surface area (Å²) in [5.74, 6) is 0. The van der Waals surface area contributed by atoms with Gasteiger partial charge in [0, 0.05) is 22.2 Å². The summed E-state index contributed by atoms with van der Waals surface area (Å²) in [5, 5.41) is 0. The van der Waals surface area contributed by atoms with Crippen molar-refractivity contribution in [2.24, 2.45) is 4.36 Å². The fraction of sp³-hybridized carbons (Fsp3) is 0.571. The SMILES string of the molecule is CS(=O)(=NCCOC1CCCCO1)c1ccc(Br)cc1. The number of nitrogens with zero attached hydrogens (tertiary/aromatic N) is 1. The highest BCUT2D eigenvalue weighted by molar-refractivity contribution is 9.10. The standard InChI is InChI=1S/C14H20BrNO3S/c1-20(17,13-7-5-12(15)6-8-13)16-9-11-19-14-4-2-3-10-18-14/h5-8,14H,2-4,9-11H2,1H3. The van der Waals surface area contributed by atoms with Gasteiger partial charge in [-0.05, 0) is 43.5 Å². The van der Waals surface area contributed by atoms with Gasteiger partial charge < -0.3 is 9.47 Å². The van der Waals surface area contributed by atoms with Gasteiger partial charge in [0.1, 0.15) is 0 Å². The lowest BCUT2D eigenvalue weighted by Gasteiger charge is -2.22. The van der Waals surface area contributed by atoms with E-state index in [0.29, 0.717) is 13.2 Å². The third kappa shape index (κ3) is 4.84. The molecule has 1 aliphatic heterocycles. The van der Waals surface area contributed by atoms with Gasteiger partial charge in [0.15, 0.2) is 6.29 Å². The van der Waals surface area contributed by atoms with Crippen molar-refractivity contribution in [2.45, 2.75) is 30.4 Å². The van der Waals surface area contributed by atoms with E-state index in [-0.39, 0.29) is 6.29 Å². The molecule has 1 aromatic carbocycles. The summed E-state index contributed by atoms with van der Waals surface area (Å²) in [6, 6.07) is 7.42. The Labute approximate surface area is 129 Å². The van der Waals surface area contributed by atoms with E-state index >= 15 is 0 Å². The van der Waals surface area contributed by atoms with E-state index in [2.05, 4.69) is 20.3 Å². The topological polar surface area (TPSA) is 47.9 Å². The summed E-state index contributed by atoms with van der Waals surface area (Å²) in [6.45, 7) is 1.64. The molecule has 0 aliphatic carbocycles. The molecule has 2 atom stereocenters. The van der Waals surface area contributed by atoms with Crippen LogP contribution in [0.5, 0.6) is 0 Å². The highest BCUT2D eigenvalue weighted by Gasteiger charge is 2.13. The lowest BCUT2D eigenvalue weighted by molar-refractivity contribution is -0.160. The highest BCUT2D eigenvalue weighted by atomic mass is 79.9. The lowest BCUT2D eigenvalue weighted by Crippen LogP contribution is -2.23. The summed E-state index contributed by atoms with van der Waals surface area (Å²) in [6.07, 6.45) is 4.74. The Hall–Kier alpha value is -0.430. The molecule has 0 aromatic heterocycles. The molecule has 0 amide bonds. The fourth-order valence-electron chi connectivity index (χ4n) is 2.00. The van der Waals surface area contributed by atoms with E-state index < -0.39 is 9.73 Å². The molecule has 4 nitrogen and oxygen atoms in total. The average Bonchev–Trinajstić information content (AvgIpc) is 2.45. The van der Waals surface area contributed by atoms with E-state index in [4.69, 9.17) is 9.47 Å². The molecule has 0 spiro atoms. The first kappa shape index (κ1) is 15.9. The lowest BCUT2D eigenvalue weighted by atomic mass is 10.2. The van der Waals surface area contributed by atoms with E-state index in [9.17, 15) is 4.21 Å². The Morgan fingerprint density at radius 3 is 2.80 bits per heavy atom. The molecule has 1 aliphatic rings. The summed E-state index contributed by atoms with van der Waals surface area (Å²) in [7, 11) is -2.35. The number of halogens is 1. The van der Waals surface area contributed by atoms with Crippen LogP contribution in [-0.4, -0.2) is 36.5 Å². The molecule has 1 heterocycles. The molecular formula is C14H20BrNO3S. The number of hydrogen-bond acceptors (Lipinski definition) is 4. The van der Waals surface area contributed by atoms with Gasteiger partial charge >= 0.3 is 0 Å². The molecular weight excluding hydrogens is 342 g/mol. The fourth-order valence-corrected chi connectivity index (χ4v) is 3.48. The maximum Gasteiger partial charge on any atom is 0.157 e. The van der Waals surface area contributed by atoms with Crippen LogP contribution >= 0.6 is 15.9 Å². The van der Waals surface area contributed by atoms with Crippen LogP contribution in [-0.2, 0) is 19.2 Å². The second-order valence-electron chi connectivity index (χ2n) is 4.78. The van der Waals surface area contributed by atoms with Crippen molar-refractivity contribution in [1.29, 1.82) is 0 Å². The summed E-state index contributed by atoms with van der Waals surface area (Å²) >= 11 is 3.36. The Balaban J connectivity index is 1.86. The van der Waals surface area contributed by atoms with Crippen molar-refractivity contribution in [3.05, 3.63) is 28.7 Å². The van der Waals surface area contributed by atoms with Crippen LogP contribution in [0.1, 0.15) is 19.3 Å². The van der Waals surface area contributed by atoms with Gasteiger partial charge in [-0.2, -0.15) is 0 Å². The van der Waals surface area contributed by atoms with Crippen LogP contribution in [0.4, 0.5) is 0 Å². The first-order chi connectivity index (χ1) is 9.58. The largest absolute Gasteiger partial charge is 0.353 e. The van der Waals surface area contributed by atoms with Crippen LogP contribution in [0.25, 0.3) is 0 Å². The van der Waals surface area contributed by atoms with E-state index in [1.807, 2.05) is 24.3 Å². The molecule has 2 unspecified atom stereocenters. The summed E-state index contributed by atoms with van der Waals surface area (Å²) in [4.78, 5) is 0.745. The molecule has 6 heteroatoms. The average molecular weight is 362 g/mol. The van der Waals surface area contributed by atoms with Gasteiger partial charge in [0.25, 0.3) is 0 Å². The number of hydrogen-bond donors (Lipinski definition) is 0. The molecule has 0 N–H and O–H groups in total. The van der Waals surface area contributed by atoms with Gasteiger partial charge in [-0.15, -0.1) is 0 Å². The van der Waals surface area contributed by atoms with Crippen LogP contribution in [0.15, 0.2) is 38.0 Å². The van der Waals surface area contributed by atoms with Crippen molar-refractivity contribution in [3.63, 3.8) is 0 Å². The molecule has 20 heavy (non-hydrogen) atoms. The Kier molecular flexibility index (Phi) is 6.01. The van der Waals surface area contributed by atoms with Gasteiger partial charge in [0.05, 0.1) is 22.9 Å². The molecule has 0 bridgehead atoms. The zero-order valence-corrected chi connectivity index (χ0v) is 14.0. The Bertz CT molecular complexity index is 532. The number of ether oxygens (including phenoxy) is 2. The van der Waals surface area contributed by atoms with E-state index in [1.165, 1.54) is 0 Å². The first-order valence-electron chi connectivity index (χ1n) is 6.75. The minimum Gasteiger partial charge on any atom is -0.353 e. The number of benzene rings is 1. The second kappa shape index (κ2) is 7.54. The highest BCUT2D eigenvalue weighted by Crippen LogP contribution is 2.16. The molecule has 112 valence electrons. The van der Waals surface area contributed by atoms with Crippen LogP contribution < -0.4 is 0 Å². The van der Waals surface area contributed by atoms with Crippen molar-refractivity contribution >= 4 is 25.7 Å². The first-order valence-corrected chi connectivity index (χ1v) is 9.46. The minimum absolute atomic E-state index is 0.112. The van der Waals surface area contributed by atoms with E-state index in [0.717, 1.165) is 35.2 Å². The van der Waals surface area contributed by atoms with Crippen LogP contribution in [0, 0.1) is 0 Å². The quantitative estimate of drug-likeness (QED) is 0.754. The molecule has 1 saturated heterocycles. The Morgan fingerprint density at radius 1 is 1.40 bits per heavy atom. The van der Waals surface area contributed by atoms with Gasteiger partial charge in [-0.3, -0.25) is 0 Å².